The molecule has 0 aromatic heterocycles. The number of piperazine rings is 1. The average Bonchev–Trinajstić information content (AvgIpc) is 2.67. The van der Waals surface area contributed by atoms with E-state index < -0.39 is 10.0 Å². The smallest absolute Gasteiger partial charge is 0.257 e. The molecule has 0 N–H and O–H groups in total. The van der Waals surface area contributed by atoms with Crippen molar-refractivity contribution in [3.05, 3.63) is 59.2 Å². The highest BCUT2D eigenvalue weighted by atomic mass is 32.2. The van der Waals surface area contributed by atoms with Crippen LogP contribution in [0.4, 0.5) is 0 Å². The molecule has 0 radical (unpaired) electrons. The fraction of sp³-hybridized carbons (Fsp3) is 0.350. The van der Waals surface area contributed by atoms with Crippen molar-refractivity contribution in [1.82, 2.24) is 9.21 Å². The molecule has 0 atom stereocenters. The molecule has 3 rings (SSSR count). The first kappa shape index (κ1) is 19.4. The van der Waals surface area contributed by atoms with Crippen molar-refractivity contribution in [1.29, 1.82) is 0 Å². The van der Waals surface area contributed by atoms with Crippen LogP contribution in [0.1, 0.15) is 21.5 Å². The van der Waals surface area contributed by atoms with Gasteiger partial charge in [0, 0.05) is 26.2 Å². The largest absolute Gasteiger partial charge is 0.496 e. The molecule has 1 fully saturated rings. The van der Waals surface area contributed by atoms with Crippen LogP contribution >= 0.6 is 0 Å². The zero-order chi connectivity index (χ0) is 19.6. The molecule has 0 unspecified atom stereocenters. The molecule has 1 aliphatic heterocycles. The minimum Gasteiger partial charge on any atom is -0.496 e. The summed E-state index contributed by atoms with van der Waals surface area (Å²) in [5, 5.41) is 0. The Balaban J connectivity index is 1.74. The van der Waals surface area contributed by atoms with E-state index in [4.69, 9.17) is 4.74 Å². The number of amides is 1. The Labute approximate surface area is 160 Å². The maximum atomic E-state index is 12.9. The lowest BCUT2D eigenvalue weighted by Gasteiger charge is -2.34. The van der Waals surface area contributed by atoms with Gasteiger partial charge < -0.3 is 9.64 Å². The summed E-state index contributed by atoms with van der Waals surface area (Å²) in [4.78, 5) is 14.9. The number of nitrogens with zero attached hydrogens (tertiary/aromatic N) is 2. The highest BCUT2D eigenvalue weighted by Crippen LogP contribution is 2.25. The van der Waals surface area contributed by atoms with Gasteiger partial charge in [-0.05, 0) is 37.6 Å². The Morgan fingerprint density at radius 1 is 0.963 bits per heavy atom. The summed E-state index contributed by atoms with van der Waals surface area (Å²) in [6.07, 6.45) is 0. The van der Waals surface area contributed by atoms with Crippen molar-refractivity contribution in [3.8, 4) is 5.75 Å². The second-order valence-electron chi connectivity index (χ2n) is 6.66. The topological polar surface area (TPSA) is 66.9 Å². The van der Waals surface area contributed by atoms with E-state index in [1.165, 1.54) is 11.4 Å². The fourth-order valence-electron chi connectivity index (χ4n) is 3.23. The Morgan fingerprint density at radius 2 is 1.59 bits per heavy atom. The van der Waals surface area contributed by atoms with E-state index in [1.807, 2.05) is 26.0 Å². The lowest BCUT2D eigenvalue weighted by Crippen LogP contribution is -2.50. The van der Waals surface area contributed by atoms with E-state index in [9.17, 15) is 13.2 Å². The molecule has 1 amide bonds. The van der Waals surface area contributed by atoms with Gasteiger partial charge in [-0.3, -0.25) is 4.79 Å². The average molecular weight is 388 g/mol. The first-order valence-corrected chi connectivity index (χ1v) is 10.3. The number of rotatable bonds is 4. The summed E-state index contributed by atoms with van der Waals surface area (Å²) in [5.41, 5.74) is 2.39. The zero-order valence-electron chi connectivity index (χ0n) is 15.8. The van der Waals surface area contributed by atoms with E-state index >= 15 is 0 Å². The Bertz CT molecular complexity index is 931. The molecule has 144 valence electrons. The van der Waals surface area contributed by atoms with Crippen LogP contribution in [0.25, 0.3) is 0 Å². The van der Waals surface area contributed by atoms with Crippen LogP contribution in [0.5, 0.6) is 5.75 Å². The summed E-state index contributed by atoms with van der Waals surface area (Å²) in [7, 11) is -2.00. The maximum Gasteiger partial charge on any atom is 0.257 e. The van der Waals surface area contributed by atoms with Crippen LogP contribution in [-0.2, 0) is 10.0 Å². The first-order chi connectivity index (χ1) is 12.8. The predicted molar refractivity (Wildman–Crippen MR) is 104 cm³/mol. The number of hydrogen-bond donors (Lipinski definition) is 0. The summed E-state index contributed by atoms with van der Waals surface area (Å²) in [6.45, 7) is 5.03. The molecule has 2 aromatic rings. The molecule has 0 bridgehead atoms. The molecule has 27 heavy (non-hydrogen) atoms. The number of methoxy groups -OCH3 is 1. The van der Waals surface area contributed by atoms with Gasteiger partial charge >= 0.3 is 0 Å². The Hall–Kier alpha value is -2.38. The molecule has 7 heteroatoms. The van der Waals surface area contributed by atoms with E-state index in [0.717, 1.165) is 11.1 Å². The molecule has 0 spiro atoms. The normalized spacial score (nSPS) is 15.6. The quantitative estimate of drug-likeness (QED) is 0.807. The first-order valence-electron chi connectivity index (χ1n) is 8.84. The monoisotopic (exact) mass is 388 g/mol. The highest BCUT2D eigenvalue weighted by molar-refractivity contribution is 7.89. The van der Waals surface area contributed by atoms with Crippen LogP contribution in [0.15, 0.2) is 47.4 Å². The van der Waals surface area contributed by atoms with Gasteiger partial charge in [0.2, 0.25) is 10.0 Å². The van der Waals surface area contributed by atoms with E-state index in [-0.39, 0.29) is 23.9 Å². The molecule has 2 aromatic carbocycles. The molecule has 1 heterocycles. The van der Waals surface area contributed by atoms with Gasteiger partial charge in [0.05, 0.1) is 17.6 Å². The number of ether oxygens (including phenoxy) is 1. The van der Waals surface area contributed by atoms with Gasteiger partial charge in [0.25, 0.3) is 5.91 Å². The van der Waals surface area contributed by atoms with Crippen molar-refractivity contribution in [2.75, 3.05) is 33.3 Å². The Kier molecular flexibility index (Phi) is 5.53. The van der Waals surface area contributed by atoms with Crippen LogP contribution in [-0.4, -0.2) is 56.8 Å². The van der Waals surface area contributed by atoms with Gasteiger partial charge in [0.15, 0.2) is 0 Å². The number of carbonyl (C=O) groups is 1. The van der Waals surface area contributed by atoms with Gasteiger partial charge in [0.1, 0.15) is 5.75 Å². The maximum absolute atomic E-state index is 12.9. The lowest BCUT2D eigenvalue weighted by molar-refractivity contribution is 0.0693. The molecule has 0 saturated carbocycles. The lowest BCUT2D eigenvalue weighted by atomic mass is 10.1. The third-order valence-corrected chi connectivity index (χ3v) is 6.77. The number of aryl methyl sites for hydroxylation is 2. The van der Waals surface area contributed by atoms with E-state index in [2.05, 4.69) is 0 Å². The molecule has 1 aliphatic rings. The van der Waals surface area contributed by atoms with Crippen LogP contribution in [0.2, 0.25) is 0 Å². The van der Waals surface area contributed by atoms with Gasteiger partial charge in [-0.15, -0.1) is 0 Å². The third-order valence-electron chi connectivity index (χ3n) is 4.85. The minimum absolute atomic E-state index is 0.127. The predicted octanol–water partition coefficient (Wildman–Crippen LogP) is 2.46. The number of carbonyl (C=O) groups excluding carboxylic acids is 1. The summed E-state index contributed by atoms with van der Waals surface area (Å²) < 4.78 is 32.4. The van der Waals surface area contributed by atoms with Gasteiger partial charge in [-0.25, -0.2) is 8.42 Å². The zero-order valence-corrected chi connectivity index (χ0v) is 16.6. The number of sulfonamides is 1. The second kappa shape index (κ2) is 7.70. The standard InChI is InChI=1S/C20H24N2O4S/c1-15-7-9-17(10-8-15)27(24,25)22-13-11-21(12-14-22)20(23)19-16(2)5-4-6-18(19)26-3/h4-10H,11-14H2,1-3H3. The molecular formula is C20H24N2O4S. The molecular weight excluding hydrogens is 364 g/mol. The highest BCUT2D eigenvalue weighted by Gasteiger charge is 2.31. The number of hydrogen-bond acceptors (Lipinski definition) is 4. The minimum atomic E-state index is -3.54. The number of benzene rings is 2. The second-order valence-corrected chi connectivity index (χ2v) is 8.60. The summed E-state index contributed by atoms with van der Waals surface area (Å²) >= 11 is 0. The summed E-state index contributed by atoms with van der Waals surface area (Å²) in [5.74, 6) is 0.409. The van der Waals surface area contributed by atoms with Crippen LogP contribution < -0.4 is 4.74 Å². The molecule has 0 aliphatic carbocycles. The van der Waals surface area contributed by atoms with Gasteiger partial charge in [-0.2, -0.15) is 4.31 Å². The Morgan fingerprint density at radius 3 is 2.19 bits per heavy atom. The van der Waals surface area contributed by atoms with Crippen molar-refractivity contribution >= 4 is 15.9 Å². The SMILES string of the molecule is COc1cccc(C)c1C(=O)N1CCN(S(=O)(=O)c2ccc(C)cc2)CC1. The van der Waals surface area contributed by atoms with E-state index in [0.29, 0.717) is 24.4 Å². The van der Waals surface area contributed by atoms with Crippen molar-refractivity contribution in [2.24, 2.45) is 0 Å². The van der Waals surface area contributed by atoms with Crippen molar-refractivity contribution < 1.29 is 17.9 Å². The van der Waals surface area contributed by atoms with Gasteiger partial charge in [-0.1, -0.05) is 29.8 Å². The molecule has 1 saturated heterocycles. The molecule has 6 nitrogen and oxygen atoms in total. The van der Waals surface area contributed by atoms with Crippen molar-refractivity contribution in [3.63, 3.8) is 0 Å². The van der Waals surface area contributed by atoms with Crippen molar-refractivity contribution in [2.45, 2.75) is 18.7 Å². The fourth-order valence-corrected chi connectivity index (χ4v) is 4.66. The van der Waals surface area contributed by atoms with Crippen LogP contribution in [0.3, 0.4) is 0 Å². The summed E-state index contributed by atoms with van der Waals surface area (Å²) in [6, 6.07) is 12.3. The van der Waals surface area contributed by atoms with Crippen LogP contribution in [0, 0.1) is 13.8 Å². The third kappa shape index (κ3) is 3.84. The van der Waals surface area contributed by atoms with E-state index in [1.54, 1.807) is 35.2 Å².